The van der Waals surface area contributed by atoms with Gasteiger partial charge in [-0.15, -0.1) is 6.58 Å². The lowest BCUT2D eigenvalue weighted by atomic mass is 9.83. The summed E-state index contributed by atoms with van der Waals surface area (Å²) in [6, 6.07) is 0. The number of nitrogens with zero attached hydrogens (tertiary/aromatic N) is 2. The molecule has 18 nitrogen and oxygen atoms in total. The first-order chi connectivity index (χ1) is 24.4. The summed E-state index contributed by atoms with van der Waals surface area (Å²) in [6.45, 7) is 2.97. The Morgan fingerprint density at radius 2 is 1.86 bits per heavy atom. The number of carbonyl (C=O) groups is 2. The molecule has 284 valence electrons. The summed E-state index contributed by atoms with van der Waals surface area (Å²) < 4.78 is 22.8. The van der Waals surface area contributed by atoms with Crippen LogP contribution in [0.3, 0.4) is 0 Å². The molecule has 18 heteroatoms. The predicted molar refractivity (Wildman–Crippen MR) is 176 cm³/mol. The van der Waals surface area contributed by atoms with Gasteiger partial charge >= 0.3 is 11.9 Å². The topological polar surface area (TPSA) is 287 Å². The average molecular weight is 725 g/mol. The highest BCUT2D eigenvalue weighted by Gasteiger charge is 2.56. The lowest BCUT2D eigenvalue weighted by Gasteiger charge is -2.46. The number of β-amino-alcohol motifs (C(OH)–C–C–N with tert-alkyl or cyclic N) is 1. The zero-order chi connectivity index (χ0) is 37.3. The molecule has 2 fully saturated rings. The third-order valence-electron chi connectivity index (χ3n) is 8.99. The maximum absolute atomic E-state index is 13.6. The smallest absolute Gasteiger partial charge is 0.339 e. The van der Waals surface area contributed by atoms with Crippen molar-refractivity contribution in [2.75, 3.05) is 39.5 Å². The van der Waals surface area contributed by atoms with Gasteiger partial charge in [0.15, 0.2) is 18.4 Å². The maximum Gasteiger partial charge on any atom is 0.339 e. The van der Waals surface area contributed by atoms with Crippen LogP contribution in [0.4, 0.5) is 0 Å². The van der Waals surface area contributed by atoms with Crippen molar-refractivity contribution in [2.24, 2.45) is 22.6 Å². The van der Waals surface area contributed by atoms with E-state index in [-0.39, 0.29) is 61.8 Å². The number of aliphatic hydroxyl groups excluding tert-OH is 5. The molecule has 0 amide bonds. The average Bonchev–Trinajstić information content (AvgIpc) is 3.61. The first-order valence-corrected chi connectivity index (χ1v) is 16.7. The second kappa shape index (κ2) is 18.1. The number of aliphatic carboxylic acids is 1. The Kier molecular flexibility index (Phi) is 14.1. The Balaban J connectivity index is 1.74. The number of aliphatic imine (C=N–C) groups is 1. The highest BCUT2D eigenvalue weighted by atomic mass is 16.8. The predicted octanol–water partition coefficient (Wildman–Crippen LogP) is -2.36. The number of nitrogens with two attached hydrogens (primary N) is 1. The molecule has 3 aliphatic heterocycles. The molecule has 51 heavy (non-hydrogen) atoms. The van der Waals surface area contributed by atoms with Crippen LogP contribution in [0.25, 0.3) is 0 Å². The van der Waals surface area contributed by atoms with E-state index < -0.39 is 67.1 Å². The van der Waals surface area contributed by atoms with E-state index in [4.69, 9.17) is 29.8 Å². The molecule has 11 N–H and O–H groups in total. The van der Waals surface area contributed by atoms with Gasteiger partial charge in [0.05, 0.1) is 42.2 Å². The lowest BCUT2D eigenvalue weighted by molar-refractivity contribution is -0.404. The largest absolute Gasteiger partial charge is 0.478 e. The first-order valence-electron chi connectivity index (χ1n) is 16.7. The van der Waals surface area contributed by atoms with Crippen LogP contribution in [0.15, 0.2) is 64.7 Å². The van der Waals surface area contributed by atoms with Gasteiger partial charge in [-0.1, -0.05) is 18.2 Å². The molecule has 0 aromatic carbocycles. The van der Waals surface area contributed by atoms with Crippen molar-refractivity contribution in [1.82, 2.24) is 10.2 Å². The van der Waals surface area contributed by atoms with Gasteiger partial charge in [-0.3, -0.25) is 4.99 Å². The summed E-state index contributed by atoms with van der Waals surface area (Å²) >= 11 is 0. The molecule has 0 aromatic rings. The van der Waals surface area contributed by atoms with Gasteiger partial charge in [0.25, 0.3) is 0 Å². The van der Waals surface area contributed by atoms with Gasteiger partial charge in [-0.05, 0) is 37.7 Å². The summed E-state index contributed by atoms with van der Waals surface area (Å²) in [6.07, 6.45) is 1.08. The maximum atomic E-state index is 13.6. The number of allylic oxidation sites excluding steroid dienone is 1. The van der Waals surface area contributed by atoms with Crippen molar-refractivity contribution in [1.29, 1.82) is 0 Å². The van der Waals surface area contributed by atoms with E-state index in [1.165, 1.54) is 12.3 Å². The number of rotatable bonds is 15. The Bertz CT molecular complexity index is 1410. The van der Waals surface area contributed by atoms with Crippen LogP contribution in [-0.2, 0) is 28.5 Å². The minimum absolute atomic E-state index is 0.0487. The number of carbonyl (C=O) groups excluding carboxylic acids is 1. The van der Waals surface area contributed by atoms with E-state index in [1.54, 1.807) is 17.1 Å². The number of hydrogen-bond acceptors (Lipinski definition) is 15. The molecule has 0 bridgehead atoms. The van der Waals surface area contributed by atoms with Crippen molar-refractivity contribution in [3.05, 3.63) is 59.7 Å². The van der Waals surface area contributed by atoms with E-state index in [0.717, 1.165) is 19.1 Å². The van der Waals surface area contributed by atoms with Crippen LogP contribution in [0.2, 0.25) is 0 Å². The minimum atomic E-state index is -3.13. The third-order valence-corrected chi connectivity index (χ3v) is 8.99. The van der Waals surface area contributed by atoms with Crippen molar-refractivity contribution >= 4 is 17.9 Å². The molecule has 4 aliphatic rings. The monoisotopic (exact) mass is 724 g/mol. The third kappa shape index (κ3) is 9.53. The van der Waals surface area contributed by atoms with E-state index in [0.29, 0.717) is 24.8 Å². The molecule has 1 aliphatic carbocycles. The summed E-state index contributed by atoms with van der Waals surface area (Å²) in [5, 5.41) is 82.8. The zero-order valence-corrected chi connectivity index (χ0v) is 28.0. The molecule has 0 aromatic heterocycles. The number of hydrogen-bond donors (Lipinski definition) is 10. The van der Waals surface area contributed by atoms with Gasteiger partial charge in [-0.25, -0.2) is 9.59 Å². The number of aliphatic hydroxyl groups is 7. The molecule has 0 unspecified atom stereocenters. The number of carboxylic acids is 1. The second-order valence-electron chi connectivity index (χ2n) is 12.5. The van der Waals surface area contributed by atoms with Crippen molar-refractivity contribution < 1.29 is 69.4 Å². The zero-order valence-electron chi connectivity index (χ0n) is 28.0. The van der Waals surface area contributed by atoms with E-state index in [9.17, 15) is 45.3 Å². The molecule has 4 rings (SSSR count). The highest BCUT2D eigenvalue weighted by molar-refractivity contribution is 5.95. The summed E-state index contributed by atoms with van der Waals surface area (Å²) in [5.41, 5.74) is 6.37. The van der Waals surface area contributed by atoms with Crippen molar-refractivity contribution in [2.45, 2.75) is 74.9 Å². The van der Waals surface area contributed by atoms with Crippen molar-refractivity contribution in [3.63, 3.8) is 0 Å². The summed E-state index contributed by atoms with van der Waals surface area (Å²) in [7, 11) is 0. The fourth-order valence-corrected chi connectivity index (χ4v) is 6.20. The lowest BCUT2D eigenvalue weighted by Crippen LogP contribution is -2.68. The van der Waals surface area contributed by atoms with Crippen LogP contribution in [-0.4, -0.2) is 146 Å². The standard InChI is InChI=1S/C33H48N4O14/c1-2-20-21(9-8-18-14-37(11-13-39)15-22(28(43)44)25(18)36-32(34)35-10-5-12-38)23(29(45)49-19-6-3-4-7-19)17-48-30(20)51-31-27(42)33(46,47)26(41)24(16-40)50-31/h2,8-9,15,17,19-21,24,26-27,30-31,38-42,46-47H,1,3-7,10-14,16H2,(H,43,44)(H3,34,35,36)/b9-8+/t20-,21+,24-,26-,27+,30+,31+/m1/s1. The Labute approximate surface area is 294 Å². The number of carboxylic acid groups (broad SMARTS) is 1. The van der Waals surface area contributed by atoms with E-state index in [1.807, 2.05) is 0 Å². The normalized spacial score (nSPS) is 30.1. The van der Waals surface area contributed by atoms with Crippen LogP contribution in [0, 0.1) is 11.8 Å². The Morgan fingerprint density at radius 1 is 1.14 bits per heavy atom. The highest BCUT2D eigenvalue weighted by Crippen LogP contribution is 2.38. The minimum Gasteiger partial charge on any atom is -0.478 e. The SMILES string of the molecule is C=C[C@H]1[C@H](O[C@@H]2O[C@H](CO)[C@@H](O)C(O)(O)[C@H]2O)OC=C(C(=O)OC2CCCC2)[C@H]1/C=C/C1=C(NC(N)=NCCCO)C(C(=O)O)=CN(CCO)C1. The second-order valence-corrected chi connectivity index (χ2v) is 12.5. The van der Waals surface area contributed by atoms with Crippen molar-refractivity contribution in [3.8, 4) is 0 Å². The van der Waals surface area contributed by atoms with Crippen LogP contribution in [0.5, 0.6) is 0 Å². The van der Waals surface area contributed by atoms with Gasteiger partial charge in [-0.2, -0.15) is 0 Å². The van der Waals surface area contributed by atoms with E-state index >= 15 is 0 Å². The Morgan fingerprint density at radius 3 is 2.49 bits per heavy atom. The Hall–Kier alpha value is -3.85. The number of ether oxygens (including phenoxy) is 4. The molecular weight excluding hydrogens is 676 g/mol. The summed E-state index contributed by atoms with van der Waals surface area (Å²) in [5.74, 6) is -7.12. The quantitative estimate of drug-likeness (QED) is 0.0211. The molecule has 7 atom stereocenters. The molecule has 1 saturated heterocycles. The van der Waals surface area contributed by atoms with Gasteiger partial charge in [0, 0.05) is 38.4 Å². The molecule has 3 heterocycles. The molecule has 0 spiro atoms. The first kappa shape index (κ1) is 39.9. The fourth-order valence-electron chi connectivity index (χ4n) is 6.20. The van der Waals surface area contributed by atoms with Gasteiger partial charge < -0.3 is 75.8 Å². The van der Waals surface area contributed by atoms with Crippen LogP contribution >= 0.6 is 0 Å². The van der Waals surface area contributed by atoms with E-state index in [2.05, 4.69) is 16.9 Å². The molecule has 0 radical (unpaired) electrons. The van der Waals surface area contributed by atoms with Crippen LogP contribution < -0.4 is 11.1 Å². The summed E-state index contributed by atoms with van der Waals surface area (Å²) in [4.78, 5) is 31.7. The van der Waals surface area contributed by atoms with Gasteiger partial charge in [0.1, 0.15) is 18.3 Å². The molecule has 1 saturated carbocycles. The molecular formula is C33H48N4O14. The van der Waals surface area contributed by atoms with Gasteiger partial charge in [0.2, 0.25) is 12.1 Å². The number of guanidine groups is 1. The number of esters is 1. The number of nitrogens with one attached hydrogen (secondary N) is 1. The fraction of sp³-hybridized carbons (Fsp3) is 0.606. The van der Waals surface area contributed by atoms with Crippen LogP contribution in [0.1, 0.15) is 32.1 Å².